The predicted molar refractivity (Wildman–Crippen MR) is 59.5 cm³/mol. The van der Waals surface area contributed by atoms with Crippen LogP contribution in [0.2, 0.25) is 0 Å². The Morgan fingerprint density at radius 3 is 1.11 bits per heavy atom. The van der Waals surface area contributed by atoms with Crippen molar-refractivity contribution in [1.29, 1.82) is 0 Å². The van der Waals surface area contributed by atoms with E-state index in [2.05, 4.69) is 48.5 Å². The first kappa shape index (κ1) is 17.1. The average Bonchev–Trinajstić information content (AvgIpc) is 2.29. The van der Waals surface area contributed by atoms with E-state index in [1.807, 2.05) is 12.1 Å². The molecule has 0 amide bonds. The quantitative estimate of drug-likeness (QED) is 0.568. The second-order valence-electron chi connectivity index (χ2n) is 3.18. The molecule has 0 unspecified atom stereocenters. The Labute approximate surface area is 116 Å². The fourth-order valence-corrected chi connectivity index (χ4v) is 1.26. The summed E-state index contributed by atoms with van der Waals surface area (Å²) < 4.78 is 8.55. The first-order valence-corrected chi connectivity index (χ1v) is 6.26. The Morgan fingerprint density at radius 2 is 0.889 bits per heavy atom. The van der Waals surface area contributed by atoms with Gasteiger partial charge in [-0.1, -0.05) is 60.7 Å². The zero-order valence-electron chi connectivity index (χ0n) is 9.21. The predicted octanol–water partition coefficient (Wildman–Crippen LogP) is 0.526. The largest absolute Gasteiger partial charge is 3.00 e. The molecular formula is C12H10FeO4P. The number of hydrogen-bond donors (Lipinski definition) is 0. The summed E-state index contributed by atoms with van der Waals surface area (Å²) in [5.74, 6) is 0. The van der Waals surface area contributed by atoms with Gasteiger partial charge in [-0.25, -0.2) is 0 Å². The van der Waals surface area contributed by atoms with E-state index in [9.17, 15) is 0 Å². The van der Waals surface area contributed by atoms with Gasteiger partial charge in [0.25, 0.3) is 0 Å². The van der Waals surface area contributed by atoms with Crippen molar-refractivity contribution in [2.45, 2.75) is 0 Å². The number of rotatable bonds is 1. The van der Waals surface area contributed by atoms with Crippen LogP contribution in [-0.4, -0.2) is 0 Å². The molecule has 0 heterocycles. The van der Waals surface area contributed by atoms with Gasteiger partial charge in [-0.3, -0.25) is 0 Å². The van der Waals surface area contributed by atoms with Crippen molar-refractivity contribution in [3.8, 4) is 11.1 Å². The molecule has 2 rings (SSSR count). The fourth-order valence-electron chi connectivity index (χ4n) is 1.26. The van der Waals surface area contributed by atoms with E-state index in [-0.39, 0.29) is 17.1 Å². The Kier molecular flexibility index (Phi) is 7.80. The summed E-state index contributed by atoms with van der Waals surface area (Å²) in [5.41, 5.74) is 2.55. The van der Waals surface area contributed by atoms with E-state index in [0.717, 1.165) is 0 Å². The second-order valence-corrected chi connectivity index (χ2v) is 4.07. The summed E-state index contributed by atoms with van der Waals surface area (Å²) in [6.07, 6.45) is 0. The van der Waals surface area contributed by atoms with Crippen molar-refractivity contribution in [1.82, 2.24) is 0 Å². The molecule has 2 aromatic rings. The number of phosphoric acid groups is 1. The minimum Gasteiger partial charge on any atom is -0.822 e. The van der Waals surface area contributed by atoms with Crippen molar-refractivity contribution in [3.63, 3.8) is 0 Å². The molecule has 0 saturated carbocycles. The van der Waals surface area contributed by atoms with Crippen LogP contribution in [0.5, 0.6) is 0 Å². The third-order valence-electron chi connectivity index (χ3n) is 1.88. The van der Waals surface area contributed by atoms with Gasteiger partial charge >= 0.3 is 17.1 Å². The third-order valence-corrected chi connectivity index (χ3v) is 1.88. The topological polar surface area (TPSA) is 86.2 Å². The average molecular weight is 305 g/mol. The zero-order chi connectivity index (χ0) is 12.7. The first-order chi connectivity index (χ1) is 7.97. The van der Waals surface area contributed by atoms with Crippen LogP contribution in [-0.2, 0) is 21.6 Å². The molecule has 0 spiro atoms. The standard InChI is InChI=1S/C12H10.Fe.H3O4P/c1-3-7-11(8-4-1)12-9-5-2-6-10-12;;1-5(2,3)4/h1-10H;;(H3,1,2,3,4)/q;+3;/p-3. The Bertz CT molecular complexity index is 438. The van der Waals surface area contributed by atoms with Crippen molar-refractivity contribution in [2.24, 2.45) is 0 Å². The summed E-state index contributed by atoms with van der Waals surface area (Å²) in [6, 6.07) is 20.8. The summed E-state index contributed by atoms with van der Waals surface area (Å²) in [7, 11) is -5.39. The normalized spacial score (nSPS) is 9.72. The van der Waals surface area contributed by atoms with Gasteiger partial charge in [0.05, 0.1) is 0 Å². The molecule has 0 saturated heterocycles. The first-order valence-electron chi connectivity index (χ1n) is 4.80. The van der Waals surface area contributed by atoms with Crippen LogP contribution in [0.4, 0.5) is 0 Å². The summed E-state index contributed by atoms with van der Waals surface area (Å²) >= 11 is 0. The molecule has 1 radical (unpaired) electrons. The molecular weight excluding hydrogens is 295 g/mol. The monoisotopic (exact) mass is 305 g/mol. The van der Waals surface area contributed by atoms with Gasteiger partial charge in [0.15, 0.2) is 0 Å². The molecule has 0 aliphatic carbocycles. The Morgan fingerprint density at radius 1 is 0.667 bits per heavy atom. The van der Waals surface area contributed by atoms with E-state index >= 15 is 0 Å². The Hall–Kier alpha value is -0.931. The van der Waals surface area contributed by atoms with E-state index in [1.54, 1.807) is 0 Å². The molecule has 0 aliphatic rings. The minimum absolute atomic E-state index is 0. The van der Waals surface area contributed by atoms with Crippen molar-refractivity contribution >= 4 is 7.82 Å². The number of benzene rings is 2. The molecule has 0 aromatic heterocycles. The van der Waals surface area contributed by atoms with E-state index in [4.69, 9.17) is 19.2 Å². The molecule has 0 aliphatic heterocycles. The van der Waals surface area contributed by atoms with Crippen LogP contribution in [0.1, 0.15) is 0 Å². The third kappa shape index (κ3) is 8.20. The minimum atomic E-state index is -5.39. The van der Waals surface area contributed by atoms with Crippen molar-refractivity contribution in [2.75, 3.05) is 0 Å². The fraction of sp³-hybridized carbons (Fsp3) is 0. The van der Waals surface area contributed by atoms with Crippen LogP contribution in [0, 0.1) is 0 Å². The number of hydrogen-bond acceptors (Lipinski definition) is 4. The maximum atomic E-state index is 8.55. The maximum absolute atomic E-state index is 8.55. The summed E-state index contributed by atoms with van der Waals surface area (Å²) in [6.45, 7) is 0. The van der Waals surface area contributed by atoms with Crippen LogP contribution >= 0.6 is 7.82 Å². The molecule has 0 bridgehead atoms. The van der Waals surface area contributed by atoms with Gasteiger partial charge in [-0.2, -0.15) is 7.82 Å². The summed E-state index contributed by atoms with van der Waals surface area (Å²) in [4.78, 5) is 25.6. The van der Waals surface area contributed by atoms with Crippen molar-refractivity contribution < 1.29 is 36.3 Å². The zero-order valence-corrected chi connectivity index (χ0v) is 11.2. The van der Waals surface area contributed by atoms with Gasteiger partial charge < -0.3 is 19.2 Å². The van der Waals surface area contributed by atoms with E-state index in [0.29, 0.717) is 0 Å². The van der Waals surface area contributed by atoms with Crippen LogP contribution < -0.4 is 14.7 Å². The maximum Gasteiger partial charge on any atom is 3.00 e. The van der Waals surface area contributed by atoms with E-state index in [1.165, 1.54) is 11.1 Å². The molecule has 4 nitrogen and oxygen atoms in total. The van der Waals surface area contributed by atoms with Gasteiger partial charge in [-0.05, 0) is 11.1 Å². The summed E-state index contributed by atoms with van der Waals surface area (Å²) in [5, 5.41) is 0. The van der Waals surface area contributed by atoms with Gasteiger partial charge in [0.1, 0.15) is 0 Å². The molecule has 0 fully saturated rings. The van der Waals surface area contributed by atoms with Gasteiger partial charge in [0.2, 0.25) is 0 Å². The molecule has 6 heteroatoms. The Balaban J connectivity index is 0.000000421. The van der Waals surface area contributed by atoms with E-state index < -0.39 is 7.82 Å². The smallest absolute Gasteiger partial charge is 0.822 e. The van der Waals surface area contributed by atoms with Crippen LogP contribution in [0.3, 0.4) is 0 Å². The molecule has 95 valence electrons. The van der Waals surface area contributed by atoms with Crippen molar-refractivity contribution in [3.05, 3.63) is 60.7 Å². The van der Waals surface area contributed by atoms with Crippen LogP contribution in [0.15, 0.2) is 60.7 Å². The molecule has 0 atom stereocenters. The molecule has 2 aromatic carbocycles. The van der Waals surface area contributed by atoms with Crippen LogP contribution in [0.25, 0.3) is 11.1 Å². The molecule has 0 N–H and O–H groups in total. The SMILES string of the molecule is O=P([O-])([O-])[O-].[Fe+3].c1ccc(-c2ccccc2)cc1. The van der Waals surface area contributed by atoms with Gasteiger partial charge in [-0.15, -0.1) is 0 Å². The van der Waals surface area contributed by atoms with Gasteiger partial charge in [0, 0.05) is 0 Å². The molecule has 18 heavy (non-hydrogen) atoms. The second kappa shape index (κ2) is 8.22.